The molecule has 10 heteroatoms. The number of hydrogen-bond acceptors (Lipinski definition) is 8. The monoisotopic (exact) mass is 415 g/mol. The molecule has 3 heterocycles. The van der Waals surface area contributed by atoms with Crippen LogP contribution in [0.5, 0.6) is 0 Å². The fraction of sp³-hybridized carbons (Fsp3) is 0.0667. The number of aromatic nitrogens is 6. The van der Waals surface area contributed by atoms with E-state index in [2.05, 4.69) is 46.5 Å². The van der Waals surface area contributed by atoms with E-state index in [1.165, 1.54) is 11.3 Å². The predicted octanol–water partition coefficient (Wildman–Crippen LogP) is 2.67. The predicted molar refractivity (Wildman–Crippen MR) is 97.8 cm³/mol. The molecule has 0 bridgehead atoms. The van der Waals surface area contributed by atoms with Crippen LogP contribution in [0, 0.1) is 0 Å². The molecule has 0 spiro atoms. The summed E-state index contributed by atoms with van der Waals surface area (Å²) in [7, 11) is 0. The van der Waals surface area contributed by atoms with E-state index in [9.17, 15) is 4.79 Å². The summed E-state index contributed by atoms with van der Waals surface area (Å²) < 4.78 is 0.956. The second-order valence-corrected chi connectivity index (χ2v) is 6.92. The maximum absolute atomic E-state index is 12.4. The zero-order chi connectivity index (χ0) is 17.2. The minimum atomic E-state index is -0.313. The lowest BCUT2D eigenvalue weighted by Crippen LogP contribution is -2.21. The highest BCUT2D eigenvalue weighted by Crippen LogP contribution is 2.30. The van der Waals surface area contributed by atoms with E-state index in [0.717, 1.165) is 10.2 Å². The molecule has 0 saturated carbocycles. The first-order valence-corrected chi connectivity index (χ1v) is 8.83. The van der Waals surface area contributed by atoms with Crippen LogP contribution in [-0.4, -0.2) is 30.6 Å². The first-order valence-electron chi connectivity index (χ1n) is 7.22. The molecule has 0 amide bonds. The van der Waals surface area contributed by atoms with Crippen molar-refractivity contribution >= 4 is 48.3 Å². The lowest BCUT2D eigenvalue weighted by molar-refractivity contribution is 0.868. The molecule has 0 unspecified atom stereocenters. The number of H-pyrrole nitrogens is 1. The third-order valence-corrected chi connectivity index (χ3v) is 4.99. The number of halogens is 1. The summed E-state index contributed by atoms with van der Waals surface area (Å²) in [4.78, 5) is 23.4. The van der Waals surface area contributed by atoms with Gasteiger partial charge in [0.25, 0.3) is 5.56 Å². The number of tetrazole rings is 1. The molecule has 1 aromatic carbocycles. The van der Waals surface area contributed by atoms with Crippen LogP contribution in [0.3, 0.4) is 0 Å². The number of benzene rings is 1. The molecule has 0 atom stereocenters. The second kappa shape index (κ2) is 6.65. The fourth-order valence-electron chi connectivity index (χ4n) is 2.29. The highest BCUT2D eigenvalue weighted by Gasteiger charge is 2.17. The third-order valence-electron chi connectivity index (χ3n) is 3.44. The molecule has 0 radical (unpaired) electrons. The molecular weight excluding hydrogens is 406 g/mol. The lowest BCUT2D eigenvalue weighted by Gasteiger charge is -2.21. The van der Waals surface area contributed by atoms with E-state index in [4.69, 9.17) is 0 Å². The number of rotatable bonds is 4. The van der Waals surface area contributed by atoms with E-state index >= 15 is 0 Å². The number of nitrogens with one attached hydrogen (secondary N) is 1. The lowest BCUT2D eigenvalue weighted by atomic mass is 10.3. The number of anilines is 2. The van der Waals surface area contributed by atoms with Crippen molar-refractivity contribution in [3.8, 4) is 0 Å². The van der Waals surface area contributed by atoms with Gasteiger partial charge >= 0.3 is 0 Å². The van der Waals surface area contributed by atoms with E-state index in [1.807, 2.05) is 29.2 Å². The standard InChI is InChI=1S/C15H10BrN7OS/c16-9-3-5-10(6-4-9)23(8-12-19-21-22-20-12)15-18-13(24)11-2-1-7-17-14(11)25-15/h1-7H,8H2,(H,19,20,21,22). The van der Waals surface area contributed by atoms with Crippen LogP contribution in [0.4, 0.5) is 10.8 Å². The van der Waals surface area contributed by atoms with Crippen molar-refractivity contribution in [2.45, 2.75) is 6.54 Å². The molecule has 3 aromatic heterocycles. The van der Waals surface area contributed by atoms with Crippen LogP contribution < -0.4 is 10.5 Å². The molecule has 4 rings (SSSR count). The third kappa shape index (κ3) is 3.26. The van der Waals surface area contributed by atoms with Crippen molar-refractivity contribution in [1.29, 1.82) is 0 Å². The normalized spacial score (nSPS) is 10.9. The summed E-state index contributed by atoms with van der Waals surface area (Å²) in [5.41, 5.74) is 0.540. The van der Waals surface area contributed by atoms with Gasteiger partial charge in [0.2, 0.25) is 0 Å². The minimum absolute atomic E-state index is 0.313. The fourth-order valence-corrected chi connectivity index (χ4v) is 3.51. The van der Waals surface area contributed by atoms with Crippen molar-refractivity contribution in [1.82, 2.24) is 30.6 Å². The Labute approximate surface area is 153 Å². The largest absolute Gasteiger partial charge is 0.310 e. The Balaban J connectivity index is 1.85. The SMILES string of the molecule is O=c1nc(N(Cc2nn[nH]n2)c2ccc(Br)cc2)sc2ncccc12. The molecule has 0 fully saturated rings. The van der Waals surface area contributed by atoms with Gasteiger partial charge in [0.1, 0.15) is 4.83 Å². The Morgan fingerprint density at radius 3 is 2.80 bits per heavy atom. The highest BCUT2D eigenvalue weighted by atomic mass is 79.9. The van der Waals surface area contributed by atoms with Gasteiger partial charge in [0.15, 0.2) is 11.0 Å². The van der Waals surface area contributed by atoms with Crippen molar-refractivity contribution in [2.24, 2.45) is 0 Å². The van der Waals surface area contributed by atoms with Gasteiger partial charge in [0.05, 0.1) is 11.9 Å². The summed E-state index contributed by atoms with van der Waals surface area (Å²) >= 11 is 4.76. The molecule has 0 aliphatic carbocycles. The highest BCUT2D eigenvalue weighted by molar-refractivity contribution is 9.10. The quantitative estimate of drug-likeness (QED) is 0.546. The zero-order valence-electron chi connectivity index (χ0n) is 12.6. The Bertz CT molecular complexity index is 1070. The number of fused-ring (bicyclic) bond motifs is 1. The van der Waals surface area contributed by atoms with Crippen LogP contribution in [-0.2, 0) is 6.54 Å². The summed E-state index contributed by atoms with van der Waals surface area (Å²) in [6, 6.07) is 11.1. The van der Waals surface area contributed by atoms with Crippen molar-refractivity contribution in [2.75, 3.05) is 4.90 Å². The van der Waals surface area contributed by atoms with Gasteiger partial charge < -0.3 is 4.90 Å². The molecule has 124 valence electrons. The van der Waals surface area contributed by atoms with Crippen LogP contribution in [0.15, 0.2) is 51.9 Å². The summed E-state index contributed by atoms with van der Waals surface area (Å²) in [5.74, 6) is 0.491. The second-order valence-electron chi connectivity index (χ2n) is 5.05. The molecule has 1 N–H and O–H groups in total. The topological polar surface area (TPSA) is 101 Å². The van der Waals surface area contributed by atoms with E-state index in [-0.39, 0.29) is 5.56 Å². The smallest absolute Gasteiger partial charge is 0.282 e. The maximum atomic E-state index is 12.4. The number of pyridine rings is 1. The van der Waals surface area contributed by atoms with Gasteiger partial charge in [-0.05, 0) is 36.4 Å². The van der Waals surface area contributed by atoms with Gasteiger partial charge in [-0.25, -0.2) is 4.98 Å². The molecule has 0 aliphatic rings. The van der Waals surface area contributed by atoms with Crippen LogP contribution >= 0.6 is 27.3 Å². The molecule has 0 aliphatic heterocycles. The Morgan fingerprint density at radius 1 is 1.20 bits per heavy atom. The first kappa shape index (κ1) is 15.8. The number of aromatic amines is 1. The molecule has 8 nitrogen and oxygen atoms in total. The molecule has 25 heavy (non-hydrogen) atoms. The zero-order valence-corrected chi connectivity index (χ0v) is 15.0. The first-order chi connectivity index (χ1) is 12.2. The minimum Gasteiger partial charge on any atom is -0.310 e. The van der Waals surface area contributed by atoms with Gasteiger partial charge in [-0.2, -0.15) is 10.2 Å². The Morgan fingerprint density at radius 2 is 2.04 bits per heavy atom. The average Bonchev–Trinajstić information content (AvgIpc) is 3.14. The average molecular weight is 416 g/mol. The Kier molecular flexibility index (Phi) is 4.20. The van der Waals surface area contributed by atoms with Crippen LogP contribution in [0.1, 0.15) is 5.82 Å². The van der Waals surface area contributed by atoms with E-state index < -0.39 is 0 Å². The maximum Gasteiger partial charge on any atom is 0.282 e. The molecule has 0 saturated heterocycles. The van der Waals surface area contributed by atoms with Gasteiger partial charge in [-0.15, -0.1) is 10.2 Å². The molecular formula is C15H10BrN7OS. The van der Waals surface area contributed by atoms with Crippen molar-refractivity contribution in [3.63, 3.8) is 0 Å². The number of hydrogen-bond donors (Lipinski definition) is 1. The van der Waals surface area contributed by atoms with Gasteiger partial charge in [-0.3, -0.25) is 4.79 Å². The van der Waals surface area contributed by atoms with Gasteiger partial charge in [-0.1, -0.05) is 32.5 Å². The van der Waals surface area contributed by atoms with Crippen LogP contribution in [0.25, 0.3) is 10.2 Å². The molecule has 4 aromatic rings. The summed E-state index contributed by atoms with van der Waals surface area (Å²) in [5, 5.41) is 15.0. The summed E-state index contributed by atoms with van der Waals surface area (Å²) in [6.07, 6.45) is 1.66. The van der Waals surface area contributed by atoms with Crippen molar-refractivity contribution in [3.05, 3.63) is 63.2 Å². The van der Waals surface area contributed by atoms with Gasteiger partial charge in [0, 0.05) is 16.4 Å². The number of nitrogens with zero attached hydrogens (tertiary/aromatic N) is 6. The van der Waals surface area contributed by atoms with Crippen molar-refractivity contribution < 1.29 is 0 Å². The Hall–Kier alpha value is -2.72. The van der Waals surface area contributed by atoms with E-state index in [1.54, 1.807) is 18.3 Å². The van der Waals surface area contributed by atoms with E-state index in [0.29, 0.717) is 27.7 Å². The van der Waals surface area contributed by atoms with Crippen LogP contribution in [0.2, 0.25) is 0 Å². The summed E-state index contributed by atoms with van der Waals surface area (Å²) in [6.45, 7) is 0.319.